The molecule has 1 aromatic carbocycles. The number of carbonyl (C=O) groups is 1. The molecule has 10 heteroatoms. The first-order valence-corrected chi connectivity index (χ1v) is 9.94. The summed E-state index contributed by atoms with van der Waals surface area (Å²) in [5.74, 6) is -1.35. The Morgan fingerprint density at radius 1 is 1.16 bits per heavy atom. The van der Waals surface area contributed by atoms with Crippen LogP contribution in [0, 0.1) is 11.6 Å². The standard InChI is InChI=1S/C21H19F2N7O/c1-11-2-3-13(10-29(11)20(31)12-4-6-25-7-5-12)18-27-19-15-8-14(22)9-16(23)17(15)26-21(24)30(19)28-18/h4-9,11,13H,2-3,10H2,1H3,(H2,24,26)/t11-,13+/m0/s1. The van der Waals surface area contributed by atoms with E-state index in [0.29, 0.717) is 17.9 Å². The largest absolute Gasteiger partial charge is 0.368 e. The van der Waals surface area contributed by atoms with Gasteiger partial charge in [0.1, 0.15) is 11.3 Å². The average Bonchev–Trinajstić information content (AvgIpc) is 3.22. The minimum absolute atomic E-state index is 0.0411. The van der Waals surface area contributed by atoms with Gasteiger partial charge < -0.3 is 10.6 Å². The first-order chi connectivity index (χ1) is 14.9. The van der Waals surface area contributed by atoms with Crippen LogP contribution in [0.3, 0.4) is 0 Å². The van der Waals surface area contributed by atoms with Gasteiger partial charge in [0.15, 0.2) is 17.3 Å². The van der Waals surface area contributed by atoms with Crippen molar-refractivity contribution in [2.45, 2.75) is 31.7 Å². The number of hydrogen-bond donors (Lipinski definition) is 1. The molecule has 2 N–H and O–H groups in total. The topological polar surface area (TPSA) is 102 Å². The van der Waals surface area contributed by atoms with Crippen molar-refractivity contribution in [3.8, 4) is 0 Å². The zero-order valence-corrected chi connectivity index (χ0v) is 16.7. The van der Waals surface area contributed by atoms with Crippen molar-refractivity contribution in [2.75, 3.05) is 12.3 Å². The smallest absolute Gasteiger partial charge is 0.254 e. The third-order valence-corrected chi connectivity index (χ3v) is 5.77. The quantitative estimate of drug-likeness (QED) is 0.532. The number of rotatable bonds is 2. The Kier molecular flexibility index (Phi) is 4.49. The number of halogens is 2. The predicted octanol–water partition coefficient (Wildman–Crippen LogP) is 2.94. The Morgan fingerprint density at radius 3 is 2.71 bits per heavy atom. The number of carbonyl (C=O) groups excluding carboxylic acids is 1. The van der Waals surface area contributed by atoms with Gasteiger partial charge in [-0.2, -0.15) is 4.52 Å². The zero-order valence-electron chi connectivity index (χ0n) is 16.7. The third-order valence-electron chi connectivity index (χ3n) is 5.77. The highest BCUT2D eigenvalue weighted by molar-refractivity contribution is 5.94. The minimum atomic E-state index is -0.811. The summed E-state index contributed by atoms with van der Waals surface area (Å²) >= 11 is 0. The molecule has 4 heterocycles. The summed E-state index contributed by atoms with van der Waals surface area (Å²) in [5.41, 5.74) is 6.71. The normalized spacial score (nSPS) is 19.3. The lowest BCUT2D eigenvalue weighted by Gasteiger charge is -2.37. The fourth-order valence-corrected chi connectivity index (χ4v) is 4.11. The number of nitrogens with zero attached hydrogens (tertiary/aromatic N) is 6. The van der Waals surface area contributed by atoms with Crippen LogP contribution in [0.2, 0.25) is 0 Å². The molecule has 3 aromatic heterocycles. The first-order valence-electron chi connectivity index (χ1n) is 9.94. The van der Waals surface area contributed by atoms with E-state index in [1.807, 2.05) is 6.92 Å². The predicted molar refractivity (Wildman–Crippen MR) is 109 cm³/mol. The lowest BCUT2D eigenvalue weighted by Crippen LogP contribution is -2.45. The highest BCUT2D eigenvalue weighted by atomic mass is 19.1. The zero-order chi connectivity index (χ0) is 21.7. The molecule has 5 rings (SSSR count). The van der Waals surface area contributed by atoms with Crippen molar-refractivity contribution in [1.82, 2.24) is 29.5 Å². The molecule has 4 aromatic rings. The van der Waals surface area contributed by atoms with Gasteiger partial charge in [0.2, 0.25) is 5.95 Å². The molecule has 0 saturated carbocycles. The van der Waals surface area contributed by atoms with Crippen LogP contribution in [0.5, 0.6) is 0 Å². The summed E-state index contributed by atoms with van der Waals surface area (Å²) in [7, 11) is 0. The molecular formula is C21H19F2N7O. The summed E-state index contributed by atoms with van der Waals surface area (Å²) < 4.78 is 29.3. The van der Waals surface area contributed by atoms with E-state index in [9.17, 15) is 13.6 Å². The summed E-state index contributed by atoms with van der Waals surface area (Å²) in [5, 5.41) is 4.66. The number of pyridine rings is 1. The van der Waals surface area contributed by atoms with Crippen molar-refractivity contribution in [2.24, 2.45) is 0 Å². The van der Waals surface area contributed by atoms with Crippen LogP contribution < -0.4 is 5.73 Å². The Morgan fingerprint density at radius 2 is 1.94 bits per heavy atom. The summed E-state index contributed by atoms with van der Waals surface area (Å²) in [6.45, 7) is 2.43. The van der Waals surface area contributed by atoms with E-state index in [0.717, 1.165) is 18.9 Å². The highest BCUT2D eigenvalue weighted by Crippen LogP contribution is 2.31. The van der Waals surface area contributed by atoms with E-state index < -0.39 is 11.6 Å². The summed E-state index contributed by atoms with van der Waals surface area (Å²) in [6, 6.07) is 5.35. The number of anilines is 1. The van der Waals surface area contributed by atoms with Gasteiger partial charge in [-0.3, -0.25) is 9.78 Å². The number of nitrogens with two attached hydrogens (primary N) is 1. The van der Waals surface area contributed by atoms with Crippen molar-refractivity contribution < 1.29 is 13.6 Å². The number of amides is 1. The van der Waals surface area contributed by atoms with E-state index in [-0.39, 0.29) is 40.4 Å². The number of piperidine rings is 1. The molecule has 1 amide bonds. The van der Waals surface area contributed by atoms with Gasteiger partial charge in [-0.15, -0.1) is 5.10 Å². The van der Waals surface area contributed by atoms with E-state index in [2.05, 4.69) is 20.1 Å². The molecule has 1 aliphatic rings. The van der Waals surface area contributed by atoms with E-state index in [1.165, 1.54) is 10.6 Å². The second-order valence-corrected chi connectivity index (χ2v) is 7.78. The van der Waals surface area contributed by atoms with Crippen LogP contribution in [-0.2, 0) is 0 Å². The molecule has 0 radical (unpaired) electrons. The number of hydrogen-bond acceptors (Lipinski definition) is 6. The van der Waals surface area contributed by atoms with Crippen LogP contribution in [0.15, 0.2) is 36.7 Å². The fraction of sp³-hybridized carbons (Fsp3) is 0.286. The maximum Gasteiger partial charge on any atom is 0.254 e. The van der Waals surface area contributed by atoms with Crippen molar-refractivity contribution in [3.05, 3.63) is 59.7 Å². The van der Waals surface area contributed by atoms with Crippen molar-refractivity contribution >= 4 is 28.4 Å². The van der Waals surface area contributed by atoms with Gasteiger partial charge in [0.25, 0.3) is 5.91 Å². The Balaban J connectivity index is 1.54. The number of aromatic nitrogens is 5. The number of nitrogen functional groups attached to an aromatic ring is 1. The van der Waals surface area contributed by atoms with Crippen molar-refractivity contribution in [1.29, 1.82) is 0 Å². The van der Waals surface area contributed by atoms with Gasteiger partial charge in [-0.05, 0) is 38.0 Å². The molecule has 1 aliphatic heterocycles. The molecule has 0 bridgehead atoms. The van der Waals surface area contributed by atoms with Crippen LogP contribution in [0.25, 0.3) is 16.6 Å². The van der Waals surface area contributed by atoms with Crippen LogP contribution >= 0.6 is 0 Å². The molecule has 1 saturated heterocycles. The Labute approximate surface area is 175 Å². The number of likely N-dealkylation sites (tertiary alicyclic amines) is 1. The second-order valence-electron chi connectivity index (χ2n) is 7.78. The fourth-order valence-electron chi connectivity index (χ4n) is 4.11. The number of fused-ring (bicyclic) bond motifs is 3. The van der Waals surface area contributed by atoms with E-state index >= 15 is 0 Å². The van der Waals surface area contributed by atoms with Crippen LogP contribution in [0.1, 0.15) is 41.9 Å². The SMILES string of the molecule is C[C@H]1CC[C@@H](c2nc3c4cc(F)cc(F)c4nc(N)n3n2)CN1C(=O)c1ccncc1. The number of benzene rings is 1. The molecular weight excluding hydrogens is 404 g/mol. The lowest BCUT2D eigenvalue weighted by atomic mass is 9.92. The van der Waals surface area contributed by atoms with E-state index in [1.54, 1.807) is 29.4 Å². The van der Waals surface area contributed by atoms with Crippen molar-refractivity contribution in [3.63, 3.8) is 0 Å². The molecule has 0 aliphatic carbocycles. The van der Waals surface area contributed by atoms with E-state index in [4.69, 9.17) is 5.73 Å². The molecule has 2 atom stereocenters. The maximum atomic E-state index is 14.2. The monoisotopic (exact) mass is 423 g/mol. The summed E-state index contributed by atoms with van der Waals surface area (Å²) in [4.78, 5) is 27.3. The highest BCUT2D eigenvalue weighted by Gasteiger charge is 2.32. The lowest BCUT2D eigenvalue weighted by molar-refractivity contribution is 0.0606. The molecule has 8 nitrogen and oxygen atoms in total. The molecule has 158 valence electrons. The van der Waals surface area contributed by atoms with Crippen LogP contribution in [-0.4, -0.2) is 48.0 Å². The third kappa shape index (κ3) is 3.24. The second kappa shape index (κ2) is 7.22. The average molecular weight is 423 g/mol. The van der Waals surface area contributed by atoms with Gasteiger partial charge in [0.05, 0.1) is 5.39 Å². The Bertz CT molecular complexity index is 1310. The van der Waals surface area contributed by atoms with Gasteiger partial charge in [-0.25, -0.2) is 18.7 Å². The first kappa shape index (κ1) is 19.3. The maximum absolute atomic E-state index is 14.2. The minimum Gasteiger partial charge on any atom is -0.368 e. The molecule has 0 unspecified atom stereocenters. The summed E-state index contributed by atoms with van der Waals surface area (Å²) in [6.07, 6.45) is 4.71. The van der Waals surface area contributed by atoms with Crippen LogP contribution in [0.4, 0.5) is 14.7 Å². The molecule has 1 fully saturated rings. The Hall–Kier alpha value is -3.69. The van der Waals surface area contributed by atoms with Gasteiger partial charge >= 0.3 is 0 Å². The van der Waals surface area contributed by atoms with Gasteiger partial charge in [-0.1, -0.05) is 0 Å². The van der Waals surface area contributed by atoms with Gasteiger partial charge in [0, 0.05) is 42.5 Å². The molecule has 31 heavy (non-hydrogen) atoms. The molecule has 0 spiro atoms.